The quantitative estimate of drug-likeness (QED) is 0.193. The van der Waals surface area contributed by atoms with Crippen LogP contribution in [0.2, 0.25) is 0 Å². The molecule has 0 fully saturated rings. The predicted octanol–water partition coefficient (Wildman–Crippen LogP) is -3.21. The maximum Gasteiger partial charge on any atom is 0.326 e. The summed E-state index contributed by atoms with van der Waals surface area (Å²) < 4.78 is 0. The third-order valence-electron chi connectivity index (χ3n) is 2.76. The van der Waals surface area contributed by atoms with Crippen molar-refractivity contribution in [3.05, 3.63) is 0 Å². The number of aliphatic carboxylic acids is 4. The topological polar surface area (TPSA) is 233 Å². The summed E-state index contributed by atoms with van der Waals surface area (Å²) in [5, 5.41) is 38.5. The number of carboxylic acids is 4. The standard InChI is InChI=1S/C12H17N3O10/c13-4(10(20)21)1-7(16)14-5(11(22)23)2-8(17)15-6(12(24)25)3-9(18)19/h4-6H,1-3,13H2,(H,14,16)(H,15,17)(H,18,19)(H,20,21)(H,22,23)(H,24,25)/t4-,5-,6-/m0/s1. The SMILES string of the molecule is N[C@@H](CC(=O)N[C@@H](CC(=O)N[C@@H](CC(=O)O)C(=O)O)C(=O)O)C(=O)O. The maximum absolute atomic E-state index is 11.7. The van der Waals surface area contributed by atoms with E-state index in [1.807, 2.05) is 10.6 Å². The van der Waals surface area contributed by atoms with Gasteiger partial charge in [-0.2, -0.15) is 0 Å². The van der Waals surface area contributed by atoms with Crippen LogP contribution in [0.5, 0.6) is 0 Å². The average molecular weight is 363 g/mol. The largest absolute Gasteiger partial charge is 0.481 e. The summed E-state index contributed by atoms with van der Waals surface area (Å²) in [6, 6.07) is -5.14. The highest BCUT2D eigenvalue weighted by molar-refractivity contribution is 5.92. The molecule has 0 unspecified atom stereocenters. The Bertz CT molecular complexity index is 575. The lowest BCUT2D eigenvalue weighted by Gasteiger charge is -2.17. The number of nitrogens with one attached hydrogen (secondary N) is 2. The molecule has 25 heavy (non-hydrogen) atoms. The normalized spacial score (nSPS) is 13.8. The van der Waals surface area contributed by atoms with Gasteiger partial charge in [-0.1, -0.05) is 0 Å². The summed E-state index contributed by atoms with van der Waals surface area (Å²) in [6.45, 7) is 0. The van der Waals surface area contributed by atoms with E-state index in [1.54, 1.807) is 0 Å². The van der Waals surface area contributed by atoms with Gasteiger partial charge in [0.05, 0.1) is 19.3 Å². The van der Waals surface area contributed by atoms with E-state index in [0.29, 0.717) is 0 Å². The molecule has 8 N–H and O–H groups in total. The van der Waals surface area contributed by atoms with Crippen molar-refractivity contribution in [2.24, 2.45) is 5.73 Å². The van der Waals surface area contributed by atoms with Crippen molar-refractivity contribution in [2.45, 2.75) is 37.4 Å². The molecular weight excluding hydrogens is 346 g/mol. The molecule has 2 amide bonds. The van der Waals surface area contributed by atoms with Gasteiger partial charge in [0.2, 0.25) is 11.8 Å². The van der Waals surface area contributed by atoms with Gasteiger partial charge in [-0.3, -0.25) is 19.2 Å². The number of amides is 2. The van der Waals surface area contributed by atoms with Gasteiger partial charge in [0.15, 0.2) is 0 Å². The molecule has 13 nitrogen and oxygen atoms in total. The molecule has 0 saturated heterocycles. The molecule has 0 aromatic carbocycles. The van der Waals surface area contributed by atoms with Crippen molar-refractivity contribution in [1.82, 2.24) is 10.6 Å². The molecule has 0 aliphatic rings. The van der Waals surface area contributed by atoms with Crippen LogP contribution in [0.15, 0.2) is 0 Å². The Labute approximate surface area is 139 Å². The minimum absolute atomic E-state index is 0.739. The van der Waals surface area contributed by atoms with Gasteiger partial charge in [0.1, 0.15) is 18.1 Å². The molecule has 3 atom stereocenters. The van der Waals surface area contributed by atoms with Crippen LogP contribution in [0.4, 0.5) is 0 Å². The lowest BCUT2D eigenvalue weighted by molar-refractivity contribution is -0.148. The average Bonchev–Trinajstić information content (AvgIpc) is 2.44. The molecule has 0 aromatic heterocycles. The zero-order valence-electron chi connectivity index (χ0n) is 12.7. The number of nitrogens with two attached hydrogens (primary N) is 1. The minimum Gasteiger partial charge on any atom is -0.481 e. The Morgan fingerprint density at radius 2 is 1.08 bits per heavy atom. The van der Waals surface area contributed by atoms with E-state index in [-0.39, 0.29) is 0 Å². The predicted molar refractivity (Wildman–Crippen MR) is 76.2 cm³/mol. The van der Waals surface area contributed by atoms with Gasteiger partial charge in [-0.05, 0) is 0 Å². The van der Waals surface area contributed by atoms with E-state index >= 15 is 0 Å². The molecule has 0 saturated carbocycles. The van der Waals surface area contributed by atoms with Crippen LogP contribution in [-0.4, -0.2) is 74.2 Å². The third kappa shape index (κ3) is 8.85. The minimum atomic E-state index is -1.78. The highest BCUT2D eigenvalue weighted by atomic mass is 16.4. The van der Waals surface area contributed by atoms with Crippen LogP contribution < -0.4 is 16.4 Å². The molecule has 0 bridgehead atoms. The second kappa shape index (κ2) is 9.82. The second-order valence-corrected chi connectivity index (χ2v) is 4.87. The molecule has 140 valence electrons. The fourth-order valence-corrected chi connectivity index (χ4v) is 1.55. The van der Waals surface area contributed by atoms with Crippen molar-refractivity contribution >= 4 is 35.7 Å². The van der Waals surface area contributed by atoms with E-state index in [2.05, 4.69) is 0 Å². The molecule has 0 rings (SSSR count). The van der Waals surface area contributed by atoms with Gasteiger partial charge < -0.3 is 36.8 Å². The molecule has 13 heteroatoms. The molecule has 0 aliphatic heterocycles. The van der Waals surface area contributed by atoms with E-state index in [4.69, 9.17) is 26.2 Å². The van der Waals surface area contributed by atoms with E-state index < -0.39 is 73.1 Å². The van der Waals surface area contributed by atoms with Crippen LogP contribution in [0.25, 0.3) is 0 Å². The van der Waals surface area contributed by atoms with Crippen molar-refractivity contribution in [2.75, 3.05) is 0 Å². The molecule has 0 heterocycles. The monoisotopic (exact) mass is 363 g/mol. The van der Waals surface area contributed by atoms with Crippen LogP contribution in [0.1, 0.15) is 19.3 Å². The fraction of sp³-hybridized carbons (Fsp3) is 0.500. The molecule has 0 radical (unpaired) electrons. The molecular formula is C12H17N3O10. The third-order valence-corrected chi connectivity index (χ3v) is 2.76. The highest BCUT2D eigenvalue weighted by Crippen LogP contribution is 1.99. The van der Waals surface area contributed by atoms with Crippen LogP contribution in [-0.2, 0) is 28.8 Å². The van der Waals surface area contributed by atoms with E-state index in [0.717, 1.165) is 0 Å². The zero-order chi connectivity index (χ0) is 19.7. The Balaban J connectivity index is 4.79. The first kappa shape index (κ1) is 21.8. The Morgan fingerprint density at radius 1 is 0.680 bits per heavy atom. The van der Waals surface area contributed by atoms with Crippen molar-refractivity contribution in [3.8, 4) is 0 Å². The van der Waals surface area contributed by atoms with Crippen LogP contribution >= 0.6 is 0 Å². The van der Waals surface area contributed by atoms with Crippen molar-refractivity contribution < 1.29 is 49.2 Å². The highest BCUT2D eigenvalue weighted by Gasteiger charge is 2.28. The maximum atomic E-state index is 11.7. The van der Waals surface area contributed by atoms with Gasteiger partial charge in [0, 0.05) is 0 Å². The Hall–Kier alpha value is -3.22. The summed E-state index contributed by atoms with van der Waals surface area (Å²) in [5.74, 6) is -8.45. The lowest BCUT2D eigenvalue weighted by atomic mass is 10.1. The van der Waals surface area contributed by atoms with Crippen LogP contribution in [0, 0.1) is 0 Å². The first-order valence-corrected chi connectivity index (χ1v) is 6.68. The molecule has 0 aliphatic carbocycles. The number of carbonyl (C=O) groups is 6. The summed E-state index contributed by atoms with van der Waals surface area (Å²) in [5.41, 5.74) is 5.11. The number of hydrogen-bond donors (Lipinski definition) is 7. The lowest BCUT2D eigenvalue weighted by Crippen LogP contribution is -2.49. The summed E-state index contributed by atoms with van der Waals surface area (Å²) >= 11 is 0. The molecule has 0 spiro atoms. The number of carbonyl (C=O) groups excluding carboxylic acids is 2. The zero-order valence-corrected chi connectivity index (χ0v) is 12.7. The first-order valence-electron chi connectivity index (χ1n) is 6.68. The van der Waals surface area contributed by atoms with Crippen molar-refractivity contribution in [1.29, 1.82) is 0 Å². The summed E-state index contributed by atoms with van der Waals surface area (Å²) in [7, 11) is 0. The van der Waals surface area contributed by atoms with Gasteiger partial charge in [-0.25, -0.2) is 9.59 Å². The smallest absolute Gasteiger partial charge is 0.326 e. The summed E-state index contributed by atoms with van der Waals surface area (Å²) in [4.78, 5) is 66.0. The number of rotatable bonds is 11. The van der Waals surface area contributed by atoms with Gasteiger partial charge in [-0.15, -0.1) is 0 Å². The second-order valence-electron chi connectivity index (χ2n) is 4.87. The first-order chi connectivity index (χ1) is 11.4. The van der Waals surface area contributed by atoms with E-state index in [1.165, 1.54) is 0 Å². The fourth-order valence-electron chi connectivity index (χ4n) is 1.55. The van der Waals surface area contributed by atoms with Crippen molar-refractivity contribution in [3.63, 3.8) is 0 Å². The Morgan fingerprint density at radius 3 is 1.44 bits per heavy atom. The summed E-state index contributed by atoms with van der Waals surface area (Å²) in [6.07, 6.45) is -2.57. The van der Waals surface area contributed by atoms with Crippen LogP contribution in [0.3, 0.4) is 0 Å². The van der Waals surface area contributed by atoms with Gasteiger partial charge >= 0.3 is 23.9 Å². The molecule has 0 aromatic rings. The Kier molecular flexibility index (Phi) is 8.55. The van der Waals surface area contributed by atoms with E-state index in [9.17, 15) is 28.8 Å². The number of hydrogen-bond acceptors (Lipinski definition) is 7. The number of carboxylic acid groups (broad SMARTS) is 4. The van der Waals surface area contributed by atoms with Gasteiger partial charge in [0.25, 0.3) is 0 Å².